The molecule has 10 heteroatoms. The van der Waals surface area contributed by atoms with Crippen molar-refractivity contribution in [2.24, 2.45) is 0 Å². The smallest absolute Gasteiger partial charge is 0.410 e. The molecule has 3 heterocycles. The number of nitrogens with zero attached hydrogens (tertiary/aromatic N) is 4. The van der Waals surface area contributed by atoms with Crippen LogP contribution in [0.2, 0.25) is 0 Å². The lowest BCUT2D eigenvalue weighted by Crippen LogP contribution is -2.54. The molecule has 0 saturated carbocycles. The fraction of sp³-hybridized carbons (Fsp3) is 0.545. The van der Waals surface area contributed by atoms with Gasteiger partial charge < -0.3 is 14.2 Å². The molecule has 1 atom stereocenters. The molecule has 4 amide bonds. The molecule has 172 valence electrons. The molecule has 0 unspecified atom stereocenters. The van der Waals surface area contributed by atoms with Gasteiger partial charge in [0.2, 0.25) is 5.91 Å². The van der Waals surface area contributed by atoms with Gasteiger partial charge in [-0.1, -0.05) is 11.2 Å². The van der Waals surface area contributed by atoms with E-state index in [0.29, 0.717) is 31.0 Å². The molecule has 2 aliphatic rings. The molecule has 0 spiro atoms. The maximum Gasteiger partial charge on any atom is 0.410 e. The number of anilines is 1. The summed E-state index contributed by atoms with van der Waals surface area (Å²) < 4.78 is 10.9. The Morgan fingerprint density at radius 1 is 1.25 bits per heavy atom. The second-order valence-corrected chi connectivity index (χ2v) is 9.34. The zero-order valence-electron chi connectivity index (χ0n) is 18.9. The number of carbonyl (C=O) groups is 3. The van der Waals surface area contributed by atoms with Gasteiger partial charge in [-0.2, -0.15) is 0 Å². The maximum absolute atomic E-state index is 12.4. The van der Waals surface area contributed by atoms with Gasteiger partial charge in [0.1, 0.15) is 5.60 Å². The summed E-state index contributed by atoms with van der Waals surface area (Å²) in [5, 5.41) is 7.10. The minimum absolute atomic E-state index is 0.160. The number of rotatable bonds is 3. The Balaban J connectivity index is 1.45. The number of aromatic nitrogens is 1. The molecule has 10 nitrogen and oxygen atoms in total. The van der Waals surface area contributed by atoms with Crippen molar-refractivity contribution in [3.63, 3.8) is 0 Å². The molecule has 0 radical (unpaired) electrons. The minimum atomic E-state index is -0.512. The highest BCUT2D eigenvalue weighted by Gasteiger charge is 2.31. The molecule has 1 N–H and O–H groups in total. The van der Waals surface area contributed by atoms with Crippen LogP contribution in [0.25, 0.3) is 11.0 Å². The lowest BCUT2D eigenvalue weighted by Gasteiger charge is -2.40. The number of benzene rings is 1. The SMILES string of the molecule is C[C@@H]1CN(C(=O)OC(C)(C)C)CCN1Cc1ccc2onc(N3CCC(=O)NC3=O)c2c1. The molecule has 2 aromatic rings. The summed E-state index contributed by atoms with van der Waals surface area (Å²) >= 11 is 0. The number of nitrogens with one attached hydrogen (secondary N) is 1. The average molecular weight is 444 g/mol. The lowest BCUT2D eigenvalue weighted by molar-refractivity contribution is -0.120. The van der Waals surface area contributed by atoms with Crippen LogP contribution in [0.1, 0.15) is 39.7 Å². The van der Waals surface area contributed by atoms with Crippen LogP contribution in [-0.2, 0) is 16.1 Å². The lowest BCUT2D eigenvalue weighted by atomic mass is 10.1. The zero-order chi connectivity index (χ0) is 23.0. The first-order valence-corrected chi connectivity index (χ1v) is 10.8. The van der Waals surface area contributed by atoms with Gasteiger partial charge in [0.05, 0.1) is 5.39 Å². The van der Waals surface area contributed by atoms with Crippen molar-refractivity contribution in [2.45, 2.75) is 52.3 Å². The maximum atomic E-state index is 12.4. The van der Waals surface area contributed by atoms with Gasteiger partial charge in [0, 0.05) is 45.2 Å². The summed E-state index contributed by atoms with van der Waals surface area (Å²) in [5.41, 5.74) is 1.12. The molecule has 0 aliphatic carbocycles. The number of fused-ring (bicyclic) bond motifs is 1. The summed E-state index contributed by atoms with van der Waals surface area (Å²) in [6.45, 7) is 10.6. The van der Waals surface area contributed by atoms with Crippen molar-refractivity contribution in [3.8, 4) is 0 Å². The van der Waals surface area contributed by atoms with Crippen LogP contribution >= 0.6 is 0 Å². The van der Waals surface area contributed by atoms with E-state index in [4.69, 9.17) is 9.26 Å². The Morgan fingerprint density at radius 3 is 2.72 bits per heavy atom. The van der Waals surface area contributed by atoms with Gasteiger partial charge >= 0.3 is 12.1 Å². The highest BCUT2D eigenvalue weighted by Crippen LogP contribution is 2.29. The summed E-state index contributed by atoms with van der Waals surface area (Å²) in [4.78, 5) is 41.6. The number of urea groups is 1. The Bertz CT molecular complexity index is 1040. The van der Waals surface area contributed by atoms with Crippen molar-refractivity contribution in [1.29, 1.82) is 0 Å². The van der Waals surface area contributed by atoms with Crippen molar-refractivity contribution in [3.05, 3.63) is 23.8 Å². The van der Waals surface area contributed by atoms with E-state index in [0.717, 1.165) is 17.5 Å². The Hall–Kier alpha value is -3.14. The molecule has 1 aromatic carbocycles. The van der Waals surface area contributed by atoms with E-state index >= 15 is 0 Å². The number of hydrogen-bond donors (Lipinski definition) is 1. The Labute approximate surface area is 186 Å². The third-order valence-electron chi connectivity index (χ3n) is 5.63. The molecular weight excluding hydrogens is 414 g/mol. The quantitative estimate of drug-likeness (QED) is 0.777. The molecule has 0 bridgehead atoms. The standard InChI is InChI=1S/C22H29N5O5/c1-14-12-26(21(30)31-22(2,3)4)10-9-25(14)13-15-5-6-17-16(11-15)19(24-32-17)27-8-7-18(28)23-20(27)29/h5-6,11,14H,7-10,12-13H2,1-4H3,(H,23,28,29)/t14-/m1/s1. The van der Waals surface area contributed by atoms with Crippen LogP contribution in [0.3, 0.4) is 0 Å². The molecular formula is C22H29N5O5. The van der Waals surface area contributed by atoms with Crippen molar-refractivity contribution in [1.82, 2.24) is 20.3 Å². The van der Waals surface area contributed by atoms with Crippen molar-refractivity contribution < 1.29 is 23.6 Å². The van der Waals surface area contributed by atoms with Crippen molar-refractivity contribution in [2.75, 3.05) is 31.1 Å². The van der Waals surface area contributed by atoms with Crippen LogP contribution in [0.4, 0.5) is 15.4 Å². The molecule has 1 aromatic heterocycles. The molecule has 4 rings (SSSR count). The number of piperazine rings is 1. The highest BCUT2D eigenvalue weighted by atomic mass is 16.6. The summed E-state index contributed by atoms with van der Waals surface area (Å²) in [6.07, 6.45) is -0.0583. The molecule has 2 saturated heterocycles. The number of ether oxygens (including phenoxy) is 1. The van der Waals surface area contributed by atoms with Crippen LogP contribution < -0.4 is 10.2 Å². The number of hydrogen-bond acceptors (Lipinski definition) is 7. The van der Waals surface area contributed by atoms with E-state index < -0.39 is 11.6 Å². The van der Waals surface area contributed by atoms with Gasteiger partial charge in [0.25, 0.3) is 0 Å². The average Bonchev–Trinajstić information content (AvgIpc) is 3.11. The second-order valence-electron chi connectivity index (χ2n) is 9.34. The van der Waals surface area contributed by atoms with E-state index in [1.54, 1.807) is 4.90 Å². The van der Waals surface area contributed by atoms with Crippen LogP contribution in [0, 0.1) is 0 Å². The van der Waals surface area contributed by atoms with Gasteiger partial charge in [-0.15, -0.1) is 0 Å². The molecule has 2 aliphatic heterocycles. The fourth-order valence-corrected chi connectivity index (χ4v) is 3.99. The van der Waals surface area contributed by atoms with Gasteiger partial charge in [-0.05, 0) is 45.4 Å². The summed E-state index contributed by atoms with van der Waals surface area (Å²) in [6, 6.07) is 5.46. The second kappa shape index (κ2) is 8.42. The van der Waals surface area contributed by atoms with Crippen molar-refractivity contribution >= 4 is 34.8 Å². The number of carbonyl (C=O) groups excluding carboxylic acids is 3. The van der Waals surface area contributed by atoms with E-state index in [-0.39, 0.29) is 31.0 Å². The van der Waals surface area contributed by atoms with E-state index in [1.807, 2.05) is 39.0 Å². The van der Waals surface area contributed by atoms with E-state index in [1.165, 1.54) is 4.90 Å². The number of imide groups is 1. The van der Waals surface area contributed by atoms with E-state index in [9.17, 15) is 14.4 Å². The largest absolute Gasteiger partial charge is 0.444 e. The first-order valence-electron chi connectivity index (χ1n) is 10.8. The fourth-order valence-electron chi connectivity index (χ4n) is 3.99. The Kier molecular flexibility index (Phi) is 5.81. The minimum Gasteiger partial charge on any atom is -0.444 e. The van der Waals surface area contributed by atoms with Gasteiger partial charge in [0.15, 0.2) is 11.4 Å². The van der Waals surface area contributed by atoms with Crippen LogP contribution in [-0.4, -0.2) is 70.8 Å². The monoisotopic (exact) mass is 443 g/mol. The summed E-state index contributed by atoms with van der Waals surface area (Å²) in [7, 11) is 0. The molecule has 32 heavy (non-hydrogen) atoms. The number of amides is 4. The van der Waals surface area contributed by atoms with Gasteiger partial charge in [-0.3, -0.25) is 19.9 Å². The Morgan fingerprint density at radius 2 is 2.03 bits per heavy atom. The first kappa shape index (κ1) is 22.1. The normalized spacial score (nSPS) is 20.6. The van der Waals surface area contributed by atoms with E-state index in [2.05, 4.69) is 22.3 Å². The third kappa shape index (κ3) is 4.69. The van der Waals surface area contributed by atoms with Crippen LogP contribution in [0.5, 0.6) is 0 Å². The topological polar surface area (TPSA) is 108 Å². The highest BCUT2D eigenvalue weighted by molar-refractivity contribution is 6.08. The third-order valence-corrected chi connectivity index (χ3v) is 5.63. The predicted octanol–water partition coefficient (Wildman–Crippen LogP) is 2.72. The predicted molar refractivity (Wildman–Crippen MR) is 117 cm³/mol. The molecule has 2 fully saturated rings. The zero-order valence-corrected chi connectivity index (χ0v) is 18.9. The van der Waals surface area contributed by atoms with Gasteiger partial charge in [-0.25, -0.2) is 9.59 Å². The summed E-state index contributed by atoms with van der Waals surface area (Å²) in [5.74, 6) is 0.119. The first-order chi connectivity index (χ1) is 15.1. The van der Waals surface area contributed by atoms with Crippen LogP contribution in [0.15, 0.2) is 22.7 Å².